The zero-order chi connectivity index (χ0) is 14.6. The number of carbonyl (C=O) groups is 1. The maximum absolute atomic E-state index is 11.0. The van der Waals surface area contributed by atoms with Gasteiger partial charge in [0.1, 0.15) is 5.69 Å². The van der Waals surface area contributed by atoms with Crippen LogP contribution < -0.4 is 4.90 Å². The molecule has 7 nitrogen and oxygen atoms in total. The molecule has 2 N–H and O–H groups in total. The fourth-order valence-corrected chi connectivity index (χ4v) is 1.81. The number of anilines is 1. The van der Waals surface area contributed by atoms with Crippen LogP contribution in [-0.2, 0) is 0 Å². The van der Waals surface area contributed by atoms with Crippen molar-refractivity contribution in [2.75, 3.05) is 18.1 Å². The lowest BCUT2D eigenvalue weighted by atomic mass is 10.1. The predicted octanol–water partition coefficient (Wildman–Crippen LogP) is 1.50. The third kappa shape index (κ3) is 3.41. The van der Waals surface area contributed by atoms with Crippen molar-refractivity contribution >= 4 is 17.3 Å². The second kappa shape index (κ2) is 6.14. The lowest BCUT2D eigenvalue weighted by Gasteiger charge is -2.28. The molecule has 0 radical (unpaired) electrons. The molecule has 19 heavy (non-hydrogen) atoms. The van der Waals surface area contributed by atoms with E-state index in [1.807, 2.05) is 13.8 Å². The standard InChI is InChI=1S/C12H16N2O5/c1-8(2)13(5-6-15)11-7-9(12(16)17)3-4-10(11)14(18)19/h3-4,7-8,15H,5-6H2,1-2H3,(H,16,17). The number of aromatic carboxylic acids is 1. The molecule has 1 rings (SSSR count). The molecular formula is C12H16N2O5. The van der Waals surface area contributed by atoms with E-state index in [-0.39, 0.29) is 36.1 Å². The van der Waals surface area contributed by atoms with Crippen LogP contribution in [0.25, 0.3) is 0 Å². The molecule has 1 aromatic carbocycles. The minimum atomic E-state index is -1.15. The smallest absolute Gasteiger partial charge is 0.335 e. The molecule has 0 fully saturated rings. The highest BCUT2D eigenvalue weighted by atomic mass is 16.6. The molecule has 0 saturated carbocycles. The second-order valence-electron chi connectivity index (χ2n) is 4.28. The van der Waals surface area contributed by atoms with Gasteiger partial charge in [0.25, 0.3) is 5.69 Å². The highest BCUT2D eigenvalue weighted by Gasteiger charge is 2.22. The number of hydrogen-bond acceptors (Lipinski definition) is 5. The molecule has 0 saturated heterocycles. The highest BCUT2D eigenvalue weighted by molar-refractivity contribution is 5.90. The minimum absolute atomic E-state index is 0.0239. The SMILES string of the molecule is CC(C)N(CCO)c1cc(C(=O)O)ccc1[N+](=O)[O-]. The number of nitro benzene ring substituents is 1. The van der Waals surface area contributed by atoms with E-state index < -0.39 is 10.9 Å². The Bertz CT molecular complexity index is 487. The number of benzene rings is 1. The molecule has 0 amide bonds. The summed E-state index contributed by atoms with van der Waals surface area (Å²) in [4.78, 5) is 23.0. The largest absolute Gasteiger partial charge is 0.478 e. The number of hydrogen-bond donors (Lipinski definition) is 2. The molecule has 0 heterocycles. The molecule has 0 aromatic heterocycles. The van der Waals surface area contributed by atoms with Gasteiger partial charge in [0, 0.05) is 18.7 Å². The van der Waals surface area contributed by atoms with Gasteiger partial charge in [0.15, 0.2) is 0 Å². The molecule has 0 aliphatic carbocycles. The molecule has 0 unspecified atom stereocenters. The number of aliphatic hydroxyl groups is 1. The normalized spacial score (nSPS) is 10.5. The van der Waals surface area contributed by atoms with E-state index in [0.717, 1.165) is 0 Å². The fraction of sp³-hybridized carbons (Fsp3) is 0.417. The molecule has 1 aromatic rings. The average molecular weight is 268 g/mol. The Morgan fingerprint density at radius 1 is 1.47 bits per heavy atom. The topological polar surface area (TPSA) is 104 Å². The van der Waals surface area contributed by atoms with E-state index in [1.165, 1.54) is 18.2 Å². The third-order valence-electron chi connectivity index (χ3n) is 2.69. The van der Waals surface area contributed by atoms with E-state index in [0.29, 0.717) is 0 Å². The van der Waals surface area contributed by atoms with Crippen LogP contribution in [0, 0.1) is 10.1 Å². The fourth-order valence-electron chi connectivity index (χ4n) is 1.81. The molecule has 7 heteroatoms. The molecular weight excluding hydrogens is 252 g/mol. The van der Waals surface area contributed by atoms with Gasteiger partial charge < -0.3 is 15.1 Å². The van der Waals surface area contributed by atoms with Crippen molar-refractivity contribution in [3.8, 4) is 0 Å². The van der Waals surface area contributed by atoms with Crippen LogP contribution in [0.5, 0.6) is 0 Å². The molecule has 104 valence electrons. The van der Waals surface area contributed by atoms with Gasteiger partial charge in [-0.3, -0.25) is 10.1 Å². The first-order chi connectivity index (χ1) is 8.88. The Kier molecular flexibility index (Phi) is 4.82. The first-order valence-corrected chi connectivity index (χ1v) is 5.77. The highest BCUT2D eigenvalue weighted by Crippen LogP contribution is 2.30. The molecule has 0 aliphatic rings. The van der Waals surface area contributed by atoms with Gasteiger partial charge in [-0.1, -0.05) is 0 Å². The Labute approximate surface area is 110 Å². The zero-order valence-corrected chi connectivity index (χ0v) is 10.7. The number of nitro groups is 1. The number of rotatable bonds is 6. The van der Waals surface area contributed by atoms with Gasteiger partial charge >= 0.3 is 5.97 Å². The number of nitrogens with zero attached hydrogens (tertiary/aromatic N) is 2. The Morgan fingerprint density at radius 3 is 2.53 bits per heavy atom. The Morgan fingerprint density at radius 2 is 2.11 bits per heavy atom. The first kappa shape index (κ1) is 14.9. The maximum atomic E-state index is 11.0. The Hall–Kier alpha value is -2.15. The van der Waals surface area contributed by atoms with Crippen LogP contribution in [0.2, 0.25) is 0 Å². The summed E-state index contributed by atoms with van der Waals surface area (Å²) in [5.41, 5.74) is 0.00490. The van der Waals surface area contributed by atoms with Crippen LogP contribution in [-0.4, -0.2) is 40.3 Å². The summed E-state index contributed by atoms with van der Waals surface area (Å²) in [7, 11) is 0. The molecule has 0 bridgehead atoms. The summed E-state index contributed by atoms with van der Waals surface area (Å²) in [5, 5.41) is 29.0. The van der Waals surface area contributed by atoms with Crippen molar-refractivity contribution in [2.24, 2.45) is 0 Å². The van der Waals surface area contributed by atoms with Gasteiger partial charge in [-0.15, -0.1) is 0 Å². The monoisotopic (exact) mass is 268 g/mol. The van der Waals surface area contributed by atoms with Crippen molar-refractivity contribution in [3.05, 3.63) is 33.9 Å². The van der Waals surface area contributed by atoms with E-state index in [1.54, 1.807) is 4.90 Å². The van der Waals surface area contributed by atoms with Gasteiger partial charge in [-0.25, -0.2) is 4.79 Å². The van der Waals surface area contributed by atoms with E-state index in [4.69, 9.17) is 10.2 Å². The maximum Gasteiger partial charge on any atom is 0.335 e. The number of aliphatic hydroxyl groups excluding tert-OH is 1. The zero-order valence-electron chi connectivity index (χ0n) is 10.7. The predicted molar refractivity (Wildman–Crippen MR) is 69.6 cm³/mol. The third-order valence-corrected chi connectivity index (χ3v) is 2.69. The van der Waals surface area contributed by atoms with Crippen molar-refractivity contribution in [3.63, 3.8) is 0 Å². The minimum Gasteiger partial charge on any atom is -0.478 e. The summed E-state index contributed by atoms with van der Waals surface area (Å²) in [6.07, 6.45) is 0. The quantitative estimate of drug-likeness (QED) is 0.598. The van der Waals surface area contributed by atoms with Crippen molar-refractivity contribution in [1.29, 1.82) is 0 Å². The van der Waals surface area contributed by atoms with Gasteiger partial charge in [-0.2, -0.15) is 0 Å². The summed E-state index contributed by atoms with van der Waals surface area (Å²) in [6, 6.07) is 3.53. The Balaban J connectivity index is 3.37. The average Bonchev–Trinajstić information content (AvgIpc) is 2.34. The summed E-state index contributed by atoms with van der Waals surface area (Å²) in [5.74, 6) is -1.15. The molecule has 0 spiro atoms. The van der Waals surface area contributed by atoms with Crippen LogP contribution in [0.1, 0.15) is 24.2 Å². The van der Waals surface area contributed by atoms with Gasteiger partial charge in [0.05, 0.1) is 17.1 Å². The summed E-state index contributed by atoms with van der Waals surface area (Å²) >= 11 is 0. The van der Waals surface area contributed by atoms with Crippen molar-refractivity contribution in [2.45, 2.75) is 19.9 Å². The van der Waals surface area contributed by atoms with Crippen LogP contribution >= 0.6 is 0 Å². The van der Waals surface area contributed by atoms with Crippen molar-refractivity contribution < 1.29 is 19.9 Å². The van der Waals surface area contributed by atoms with Gasteiger partial charge in [-0.05, 0) is 26.0 Å². The van der Waals surface area contributed by atoms with E-state index in [9.17, 15) is 14.9 Å². The molecule has 0 atom stereocenters. The molecule has 0 aliphatic heterocycles. The van der Waals surface area contributed by atoms with Crippen LogP contribution in [0.3, 0.4) is 0 Å². The number of carboxylic acid groups (broad SMARTS) is 1. The number of carboxylic acids is 1. The van der Waals surface area contributed by atoms with Crippen LogP contribution in [0.4, 0.5) is 11.4 Å². The van der Waals surface area contributed by atoms with Crippen LogP contribution in [0.15, 0.2) is 18.2 Å². The van der Waals surface area contributed by atoms with Crippen molar-refractivity contribution in [1.82, 2.24) is 0 Å². The van der Waals surface area contributed by atoms with Gasteiger partial charge in [0.2, 0.25) is 0 Å². The summed E-state index contributed by atoms with van der Waals surface area (Å²) in [6.45, 7) is 3.65. The lowest BCUT2D eigenvalue weighted by Crippen LogP contribution is -2.34. The second-order valence-corrected chi connectivity index (χ2v) is 4.28. The summed E-state index contributed by atoms with van der Waals surface area (Å²) < 4.78 is 0. The van der Waals surface area contributed by atoms with E-state index >= 15 is 0 Å². The van der Waals surface area contributed by atoms with E-state index in [2.05, 4.69) is 0 Å². The first-order valence-electron chi connectivity index (χ1n) is 5.77. The lowest BCUT2D eigenvalue weighted by molar-refractivity contribution is -0.384.